The Morgan fingerprint density at radius 1 is 1.13 bits per heavy atom. The smallest absolute Gasteiger partial charge is 0.224 e. The molecule has 1 amide bonds. The van der Waals surface area contributed by atoms with Gasteiger partial charge in [-0.15, -0.1) is 0 Å². The lowest BCUT2D eigenvalue weighted by Gasteiger charge is -2.06. The van der Waals surface area contributed by atoms with Crippen LogP contribution in [0.5, 0.6) is 0 Å². The third kappa shape index (κ3) is 4.20. The number of benzene rings is 1. The maximum atomic E-state index is 12.0. The minimum Gasteiger partial charge on any atom is -0.463 e. The Kier molecular flexibility index (Phi) is 4.74. The van der Waals surface area contributed by atoms with Gasteiger partial charge in [0.2, 0.25) is 5.91 Å². The molecule has 0 radical (unpaired) electrons. The molecular weight excluding hydrogens is 312 g/mol. The van der Waals surface area contributed by atoms with Gasteiger partial charge in [-0.3, -0.25) is 9.78 Å². The van der Waals surface area contributed by atoms with Gasteiger partial charge in [0.25, 0.3) is 0 Å². The van der Waals surface area contributed by atoms with E-state index in [9.17, 15) is 4.79 Å². The molecule has 5 heteroatoms. The predicted molar refractivity (Wildman–Crippen MR) is 88.9 cm³/mol. The van der Waals surface area contributed by atoms with E-state index in [0.717, 1.165) is 16.8 Å². The molecule has 23 heavy (non-hydrogen) atoms. The van der Waals surface area contributed by atoms with Crippen molar-refractivity contribution in [2.24, 2.45) is 0 Å². The summed E-state index contributed by atoms with van der Waals surface area (Å²) < 4.78 is 5.33. The number of carbonyl (C=O) groups is 1. The van der Waals surface area contributed by atoms with Crippen LogP contribution in [0.2, 0.25) is 5.02 Å². The molecule has 1 aromatic carbocycles. The van der Waals surface area contributed by atoms with Crippen molar-refractivity contribution in [2.45, 2.75) is 13.0 Å². The van der Waals surface area contributed by atoms with E-state index in [2.05, 4.69) is 10.3 Å². The van der Waals surface area contributed by atoms with E-state index in [4.69, 9.17) is 16.0 Å². The van der Waals surface area contributed by atoms with Gasteiger partial charge in [0.15, 0.2) is 5.76 Å². The zero-order chi connectivity index (χ0) is 16.1. The second kappa shape index (κ2) is 7.11. The van der Waals surface area contributed by atoms with Gasteiger partial charge in [-0.2, -0.15) is 0 Å². The first-order chi connectivity index (χ1) is 11.2. The third-order valence-corrected chi connectivity index (χ3v) is 3.62. The van der Waals surface area contributed by atoms with Crippen molar-refractivity contribution in [3.63, 3.8) is 0 Å². The Balaban J connectivity index is 1.58. The lowest BCUT2D eigenvalue weighted by Crippen LogP contribution is -2.24. The molecule has 0 fully saturated rings. The zero-order valence-electron chi connectivity index (χ0n) is 12.3. The van der Waals surface area contributed by atoms with Crippen molar-refractivity contribution in [3.05, 3.63) is 77.1 Å². The number of nitrogens with zero attached hydrogens (tertiary/aromatic N) is 1. The first-order valence-corrected chi connectivity index (χ1v) is 7.58. The van der Waals surface area contributed by atoms with E-state index in [0.29, 0.717) is 23.7 Å². The van der Waals surface area contributed by atoms with Crippen LogP contribution in [-0.2, 0) is 17.8 Å². The highest BCUT2D eigenvalue weighted by atomic mass is 35.5. The molecule has 3 rings (SSSR count). The average molecular weight is 327 g/mol. The van der Waals surface area contributed by atoms with Gasteiger partial charge in [0, 0.05) is 17.8 Å². The van der Waals surface area contributed by atoms with Gasteiger partial charge in [-0.05, 0) is 47.5 Å². The fourth-order valence-corrected chi connectivity index (χ4v) is 2.32. The number of nitrogens with one attached hydrogen (secondary N) is 1. The summed E-state index contributed by atoms with van der Waals surface area (Å²) in [5.74, 6) is 0.669. The molecule has 0 saturated carbocycles. The second-order valence-electron chi connectivity index (χ2n) is 5.11. The maximum absolute atomic E-state index is 12.0. The average Bonchev–Trinajstić information content (AvgIpc) is 3.10. The van der Waals surface area contributed by atoms with E-state index < -0.39 is 0 Å². The van der Waals surface area contributed by atoms with Gasteiger partial charge in [-0.1, -0.05) is 23.7 Å². The summed E-state index contributed by atoms with van der Waals surface area (Å²) in [6.07, 6.45) is 3.64. The zero-order valence-corrected chi connectivity index (χ0v) is 13.1. The van der Waals surface area contributed by atoms with E-state index in [1.165, 1.54) is 0 Å². The van der Waals surface area contributed by atoms with Gasteiger partial charge < -0.3 is 9.73 Å². The highest BCUT2D eigenvalue weighted by molar-refractivity contribution is 6.30. The molecule has 2 heterocycles. The van der Waals surface area contributed by atoms with Crippen LogP contribution in [0.15, 0.2) is 65.4 Å². The minimum atomic E-state index is -0.0383. The lowest BCUT2D eigenvalue weighted by atomic mass is 10.1. The number of aromatic nitrogens is 1. The van der Waals surface area contributed by atoms with Crippen molar-refractivity contribution in [1.82, 2.24) is 10.3 Å². The fraction of sp³-hybridized carbons (Fsp3) is 0.111. The minimum absolute atomic E-state index is 0.0383. The number of halogens is 1. The molecule has 4 nitrogen and oxygen atoms in total. The monoisotopic (exact) mass is 326 g/mol. The van der Waals surface area contributed by atoms with Crippen molar-refractivity contribution < 1.29 is 9.21 Å². The predicted octanol–water partition coefficient (Wildman–Crippen LogP) is 3.85. The highest BCUT2D eigenvalue weighted by Gasteiger charge is 2.06. The summed E-state index contributed by atoms with van der Waals surface area (Å²) in [5, 5.41) is 3.57. The molecule has 3 aromatic rings. The van der Waals surface area contributed by atoms with Crippen LogP contribution in [0, 0.1) is 0 Å². The Hall–Kier alpha value is -2.59. The summed E-state index contributed by atoms with van der Waals surface area (Å²) in [4.78, 5) is 16.3. The van der Waals surface area contributed by atoms with Crippen molar-refractivity contribution in [2.75, 3.05) is 0 Å². The van der Waals surface area contributed by atoms with E-state index in [-0.39, 0.29) is 5.91 Å². The Bertz CT molecular complexity index is 783. The van der Waals surface area contributed by atoms with Crippen molar-refractivity contribution >= 4 is 17.5 Å². The number of hydrogen-bond donors (Lipinski definition) is 1. The van der Waals surface area contributed by atoms with Crippen LogP contribution in [0.3, 0.4) is 0 Å². The second-order valence-corrected chi connectivity index (χ2v) is 5.54. The molecule has 0 spiro atoms. The van der Waals surface area contributed by atoms with Gasteiger partial charge in [0.1, 0.15) is 5.69 Å². The summed E-state index contributed by atoms with van der Waals surface area (Å²) in [6, 6.07) is 14.7. The Morgan fingerprint density at radius 2 is 1.96 bits per heavy atom. The number of carbonyl (C=O) groups excluding carboxylic acids is 1. The number of pyridine rings is 1. The first-order valence-electron chi connectivity index (χ1n) is 7.21. The first kappa shape index (κ1) is 15.3. The molecule has 0 aliphatic rings. The van der Waals surface area contributed by atoms with Crippen LogP contribution in [0.1, 0.15) is 11.1 Å². The maximum Gasteiger partial charge on any atom is 0.224 e. The normalized spacial score (nSPS) is 10.5. The molecule has 2 aromatic heterocycles. The molecule has 1 N–H and O–H groups in total. The van der Waals surface area contributed by atoms with E-state index in [1.807, 2.05) is 36.4 Å². The Morgan fingerprint density at radius 3 is 2.70 bits per heavy atom. The SMILES string of the molecule is O=C(Cc1ccc(Cl)cc1)NCc1ccnc(-c2ccco2)c1. The van der Waals surface area contributed by atoms with Crippen LogP contribution in [0.25, 0.3) is 11.5 Å². The topological polar surface area (TPSA) is 55.1 Å². The number of hydrogen-bond acceptors (Lipinski definition) is 3. The Labute approximate surface area is 139 Å². The standard InChI is InChI=1S/C18H15ClN2O2/c19-15-5-3-13(4-6-15)11-18(22)21-12-14-7-8-20-16(10-14)17-2-1-9-23-17/h1-10H,11-12H2,(H,21,22). The van der Waals surface area contributed by atoms with E-state index in [1.54, 1.807) is 24.6 Å². The molecule has 116 valence electrons. The summed E-state index contributed by atoms with van der Waals surface area (Å²) >= 11 is 5.83. The highest BCUT2D eigenvalue weighted by Crippen LogP contribution is 2.18. The fourth-order valence-electron chi connectivity index (χ4n) is 2.19. The number of furan rings is 1. The summed E-state index contributed by atoms with van der Waals surface area (Å²) in [6.45, 7) is 0.447. The number of amides is 1. The van der Waals surface area contributed by atoms with Crippen LogP contribution >= 0.6 is 11.6 Å². The summed E-state index contributed by atoms with van der Waals surface area (Å²) in [7, 11) is 0. The number of rotatable bonds is 5. The van der Waals surface area contributed by atoms with Crippen molar-refractivity contribution in [1.29, 1.82) is 0 Å². The van der Waals surface area contributed by atoms with Crippen molar-refractivity contribution in [3.8, 4) is 11.5 Å². The van der Waals surface area contributed by atoms with Crippen LogP contribution < -0.4 is 5.32 Å². The molecule has 0 saturated heterocycles. The summed E-state index contributed by atoms with van der Waals surface area (Å²) in [5.41, 5.74) is 2.65. The molecule has 0 unspecified atom stereocenters. The third-order valence-electron chi connectivity index (χ3n) is 3.37. The molecule has 0 aliphatic heterocycles. The van der Waals surface area contributed by atoms with E-state index >= 15 is 0 Å². The molecule has 0 atom stereocenters. The van der Waals surface area contributed by atoms with Gasteiger partial charge in [0.05, 0.1) is 12.7 Å². The molecular formula is C18H15ClN2O2. The van der Waals surface area contributed by atoms with Gasteiger partial charge in [-0.25, -0.2) is 0 Å². The van der Waals surface area contributed by atoms with Crippen LogP contribution in [-0.4, -0.2) is 10.9 Å². The lowest BCUT2D eigenvalue weighted by molar-refractivity contribution is -0.120. The quantitative estimate of drug-likeness (QED) is 0.774. The largest absolute Gasteiger partial charge is 0.463 e. The van der Waals surface area contributed by atoms with Crippen LogP contribution in [0.4, 0.5) is 0 Å². The van der Waals surface area contributed by atoms with Gasteiger partial charge >= 0.3 is 0 Å². The molecule has 0 aliphatic carbocycles. The molecule has 0 bridgehead atoms.